The molecule has 0 atom stereocenters. The predicted molar refractivity (Wildman–Crippen MR) is 130 cm³/mol. The topological polar surface area (TPSA) is 101 Å². The number of carbonyl (C=O) groups is 3. The zero-order valence-electron chi connectivity index (χ0n) is 20.7. The number of urea groups is 1. The van der Waals surface area contributed by atoms with Crippen molar-refractivity contribution in [3.05, 3.63) is 52.8 Å². The van der Waals surface area contributed by atoms with Crippen molar-refractivity contribution in [2.45, 2.75) is 39.9 Å². The number of rotatable bonds is 8. The van der Waals surface area contributed by atoms with E-state index in [1.807, 2.05) is 9.47 Å². The van der Waals surface area contributed by atoms with Gasteiger partial charge in [-0.25, -0.2) is 4.79 Å². The molecule has 0 spiro atoms. The Morgan fingerprint density at radius 2 is 1.67 bits per heavy atom. The highest BCUT2D eigenvalue weighted by Crippen LogP contribution is 2.30. The third-order valence-corrected chi connectivity index (χ3v) is 6.34. The first-order valence-corrected chi connectivity index (χ1v) is 11.9. The maximum absolute atomic E-state index is 13.1. The number of amides is 3. The second kappa shape index (κ2) is 11.2. The number of alkyl halides is 3. The fourth-order valence-corrected chi connectivity index (χ4v) is 4.14. The summed E-state index contributed by atoms with van der Waals surface area (Å²) in [6, 6.07) is 5.42. The summed E-state index contributed by atoms with van der Waals surface area (Å²) in [5.74, 6) is -0.275. The summed E-state index contributed by atoms with van der Waals surface area (Å²) in [7, 11) is 0. The van der Waals surface area contributed by atoms with Crippen molar-refractivity contribution in [1.29, 1.82) is 0 Å². The highest BCUT2D eigenvalue weighted by molar-refractivity contribution is 6.01. The molecule has 0 radical (unpaired) electrons. The summed E-state index contributed by atoms with van der Waals surface area (Å²) in [5.41, 5.74) is 6.45. The number of Topliss-reactive ketones (excluding diaryl/α,β-unsaturated/α-hetero) is 1. The first kappa shape index (κ1) is 27.3. The Hall–Kier alpha value is -3.34. The Bertz CT molecular complexity index is 1100. The fraction of sp³-hybridized carbons (Fsp3) is 0.480. The monoisotopic (exact) mass is 507 g/mol. The van der Waals surface area contributed by atoms with Crippen LogP contribution in [-0.2, 0) is 12.7 Å². The fourth-order valence-electron chi connectivity index (χ4n) is 4.14. The van der Waals surface area contributed by atoms with Crippen molar-refractivity contribution in [2.24, 2.45) is 11.7 Å². The van der Waals surface area contributed by atoms with E-state index in [4.69, 9.17) is 5.73 Å². The molecule has 0 bridgehead atoms. The third kappa shape index (κ3) is 6.66. The van der Waals surface area contributed by atoms with Crippen LogP contribution in [0.25, 0.3) is 0 Å². The zero-order valence-corrected chi connectivity index (χ0v) is 20.7. The second-order valence-corrected chi connectivity index (χ2v) is 9.42. The van der Waals surface area contributed by atoms with Gasteiger partial charge in [-0.2, -0.15) is 13.2 Å². The summed E-state index contributed by atoms with van der Waals surface area (Å²) in [6.07, 6.45) is -3.59. The van der Waals surface area contributed by atoms with Crippen LogP contribution < -0.4 is 11.1 Å². The lowest BCUT2D eigenvalue weighted by Crippen LogP contribution is -2.51. The lowest BCUT2D eigenvalue weighted by molar-refractivity contribution is -0.137. The Kier molecular flexibility index (Phi) is 8.44. The van der Waals surface area contributed by atoms with Crippen LogP contribution in [0.1, 0.15) is 52.4 Å². The number of ketones is 1. The van der Waals surface area contributed by atoms with Crippen molar-refractivity contribution in [3.63, 3.8) is 0 Å². The van der Waals surface area contributed by atoms with Crippen LogP contribution in [0.5, 0.6) is 0 Å². The summed E-state index contributed by atoms with van der Waals surface area (Å²) in [4.78, 5) is 41.0. The van der Waals surface area contributed by atoms with E-state index in [1.54, 1.807) is 17.9 Å². The average molecular weight is 508 g/mol. The maximum atomic E-state index is 13.1. The molecule has 0 saturated carbocycles. The van der Waals surface area contributed by atoms with Gasteiger partial charge in [-0.1, -0.05) is 13.8 Å². The molecule has 36 heavy (non-hydrogen) atoms. The minimum Gasteiger partial charge on any atom is -0.366 e. The number of aromatic nitrogens is 1. The van der Waals surface area contributed by atoms with E-state index in [-0.39, 0.29) is 18.0 Å². The first-order chi connectivity index (χ1) is 16.9. The minimum atomic E-state index is -4.44. The molecule has 196 valence electrons. The molecule has 3 rings (SSSR count). The van der Waals surface area contributed by atoms with Gasteiger partial charge in [0.25, 0.3) is 5.91 Å². The van der Waals surface area contributed by atoms with Gasteiger partial charge >= 0.3 is 12.2 Å². The highest BCUT2D eigenvalue weighted by Gasteiger charge is 2.30. The third-order valence-electron chi connectivity index (χ3n) is 6.34. The Morgan fingerprint density at radius 3 is 2.19 bits per heavy atom. The van der Waals surface area contributed by atoms with Gasteiger partial charge in [-0.3, -0.25) is 14.5 Å². The van der Waals surface area contributed by atoms with Gasteiger partial charge in [-0.15, -0.1) is 0 Å². The normalized spacial score (nSPS) is 14.8. The molecule has 8 nitrogen and oxygen atoms in total. The molecule has 1 saturated heterocycles. The lowest BCUT2D eigenvalue weighted by Gasteiger charge is -2.34. The van der Waals surface area contributed by atoms with Gasteiger partial charge in [0.05, 0.1) is 23.4 Å². The van der Waals surface area contributed by atoms with Crippen molar-refractivity contribution >= 4 is 23.4 Å². The summed E-state index contributed by atoms with van der Waals surface area (Å²) in [5, 5.41) is 2.61. The molecule has 1 aliphatic heterocycles. The van der Waals surface area contributed by atoms with Gasteiger partial charge in [-0.05, 0) is 49.6 Å². The van der Waals surface area contributed by atoms with E-state index < -0.39 is 23.7 Å². The van der Waals surface area contributed by atoms with Crippen LogP contribution in [0.15, 0.2) is 30.3 Å². The van der Waals surface area contributed by atoms with Crippen LogP contribution in [-0.4, -0.2) is 64.8 Å². The quantitative estimate of drug-likeness (QED) is 0.528. The highest BCUT2D eigenvalue weighted by atomic mass is 19.4. The van der Waals surface area contributed by atoms with Crippen molar-refractivity contribution in [3.8, 4) is 0 Å². The summed E-state index contributed by atoms with van der Waals surface area (Å²) < 4.78 is 40.0. The van der Waals surface area contributed by atoms with Crippen molar-refractivity contribution < 1.29 is 27.6 Å². The zero-order chi connectivity index (χ0) is 26.6. The number of nitrogens with zero attached hydrogens (tertiary/aromatic N) is 3. The molecular formula is C25H32F3N5O3. The predicted octanol–water partition coefficient (Wildman–Crippen LogP) is 3.99. The van der Waals surface area contributed by atoms with Crippen LogP contribution in [0.3, 0.4) is 0 Å². The number of carbonyl (C=O) groups excluding carboxylic acids is 3. The van der Waals surface area contributed by atoms with Crippen molar-refractivity contribution in [1.82, 2.24) is 14.4 Å². The Balaban J connectivity index is 1.57. The van der Waals surface area contributed by atoms with E-state index in [9.17, 15) is 27.6 Å². The number of halogens is 3. The number of hydrogen-bond donors (Lipinski definition) is 2. The molecule has 1 aliphatic rings. The number of primary amides is 1. The number of nitrogens with one attached hydrogen (secondary N) is 1. The molecule has 2 heterocycles. The smallest absolute Gasteiger partial charge is 0.366 e. The molecule has 2 aromatic rings. The maximum Gasteiger partial charge on any atom is 0.416 e. The van der Waals surface area contributed by atoms with Gasteiger partial charge in [0.15, 0.2) is 5.78 Å². The van der Waals surface area contributed by atoms with E-state index in [0.29, 0.717) is 55.6 Å². The van der Waals surface area contributed by atoms with Gasteiger partial charge in [0, 0.05) is 44.1 Å². The molecule has 1 aromatic carbocycles. The number of benzene rings is 1. The van der Waals surface area contributed by atoms with Crippen LogP contribution in [0, 0.1) is 12.8 Å². The second-order valence-electron chi connectivity index (χ2n) is 9.42. The molecular weight excluding hydrogens is 475 g/mol. The number of anilines is 1. The van der Waals surface area contributed by atoms with Crippen LogP contribution in [0.4, 0.5) is 23.7 Å². The van der Waals surface area contributed by atoms with Crippen LogP contribution >= 0.6 is 0 Å². The van der Waals surface area contributed by atoms with E-state index in [0.717, 1.165) is 18.6 Å². The van der Waals surface area contributed by atoms with Crippen molar-refractivity contribution in [2.75, 3.05) is 38.0 Å². The molecule has 1 fully saturated rings. The van der Waals surface area contributed by atoms with E-state index in [2.05, 4.69) is 19.2 Å². The molecule has 3 amide bonds. The van der Waals surface area contributed by atoms with E-state index in [1.165, 1.54) is 12.1 Å². The Morgan fingerprint density at radius 1 is 1.06 bits per heavy atom. The van der Waals surface area contributed by atoms with Gasteiger partial charge in [0.1, 0.15) is 0 Å². The number of hydrogen-bond acceptors (Lipinski definition) is 4. The molecule has 0 unspecified atom stereocenters. The van der Waals surface area contributed by atoms with Gasteiger partial charge < -0.3 is 20.5 Å². The SMILES string of the molecule is Cc1c(C(N)=O)cc(C(=O)CN2CCN(C(=O)Nc3ccc(C(F)(F)F)cc3)CC2)n1CCC(C)C. The van der Waals surface area contributed by atoms with Crippen LogP contribution in [0.2, 0.25) is 0 Å². The summed E-state index contributed by atoms with van der Waals surface area (Å²) in [6.45, 7) is 8.34. The Labute approximate surface area is 208 Å². The van der Waals surface area contributed by atoms with Gasteiger partial charge in [0.2, 0.25) is 0 Å². The number of nitrogens with two attached hydrogens (primary N) is 1. The number of piperazine rings is 1. The molecule has 0 aliphatic carbocycles. The summed E-state index contributed by atoms with van der Waals surface area (Å²) >= 11 is 0. The minimum absolute atomic E-state index is 0.128. The van der Waals surface area contributed by atoms with E-state index >= 15 is 0 Å². The standard InChI is InChI=1S/C25H32F3N5O3/c1-16(2)8-9-33-17(3)20(23(29)35)14-21(33)22(34)15-31-10-12-32(13-11-31)24(36)30-19-6-4-18(5-7-19)25(26,27)28/h4-7,14,16H,8-13,15H2,1-3H3,(H2,29,35)(H,30,36). The molecule has 11 heteroatoms. The molecule has 3 N–H and O–H groups in total. The average Bonchev–Trinajstić information content (AvgIpc) is 3.14. The largest absolute Gasteiger partial charge is 0.416 e. The molecule has 1 aromatic heterocycles. The first-order valence-electron chi connectivity index (χ1n) is 11.9. The lowest BCUT2D eigenvalue weighted by atomic mass is 10.1.